The first-order valence-corrected chi connectivity index (χ1v) is 6.80. The predicted octanol–water partition coefficient (Wildman–Crippen LogP) is 2.92. The van der Waals surface area contributed by atoms with Crippen molar-refractivity contribution in [2.24, 2.45) is 5.92 Å². The quantitative estimate of drug-likeness (QED) is 0.849. The SMILES string of the molecule is N#CC1CCCC1NC(=O)c1cc(Br)cnc1Cl. The van der Waals surface area contributed by atoms with Gasteiger partial charge in [0.25, 0.3) is 5.91 Å². The number of nitrogens with zero attached hydrogens (tertiary/aromatic N) is 2. The van der Waals surface area contributed by atoms with E-state index in [1.165, 1.54) is 6.20 Å². The summed E-state index contributed by atoms with van der Waals surface area (Å²) in [6.07, 6.45) is 4.18. The standard InChI is InChI=1S/C12H11BrClN3O/c13-8-4-9(11(14)16-6-8)12(18)17-10-3-1-2-7(10)5-15/h4,6-7,10H,1-3H2,(H,17,18). The van der Waals surface area contributed by atoms with Gasteiger partial charge in [-0.05, 0) is 41.3 Å². The van der Waals surface area contributed by atoms with E-state index in [9.17, 15) is 4.79 Å². The molecule has 1 aliphatic carbocycles. The van der Waals surface area contributed by atoms with Gasteiger partial charge in [-0.25, -0.2) is 4.98 Å². The number of nitriles is 1. The Labute approximate surface area is 118 Å². The maximum absolute atomic E-state index is 12.1. The third kappa shape index (κ3) is 2.82. The maximum atomic E-state index is 12.1. The molecule has 1 aromatic heterocycles. The van der Waals surface area contributed by atoms with E-state index < -0.39 is 0 Å². The van der Waals surface area contributed by atoms with Gasteiger partial charge in [0.2, 0.25) is 0 Å². The van der Waals surface area contributed by atoms with E-state index in [4.69, 9.17) is 16.9 Å². The molecule has 1 N–H and O–H groups in total. The maximum Gasteiger partial charge on any atom is 0.254 e. The molecular formula is C12H11BrClN3O. The third-order valence-electron chi connectivity index (χ3n) is 3.05. The molecule has 0 saturated heterocycles. The number of pyridine rings is 1. The molecule has 18 heavy (non-hydrogen) atoms. The van der Waals surface area contributed by atoms with E-state index in [0.29, 0.717) is 10.0 Å². The van der Waals surface area contributed by atoms with Gasteiger partial charge in [-0.1, -0.05) is 11.6 Å². The number of rotatable bonds is 2. The predicted molar refractivity (Wildman–Crippen MR) is 71.2 cm³/mol. The summed E-state index contributed by atoms with van der Waals surface area (Å²) in [5.74, 6) is -0.381. The fraction of sp³-hybridized carbons (Fsp3) is 0.417. The lowest BCUT2D eigenvalue weighted by Crippen LogP contribution is -2.37. The lowest BCUT2D eigenvalue weighted by atomic mass is 10.1. The van der Waals surface area contributed by atoms with Gasteiger partial charge in [-0.15, -0.1) is 0 Å². The molecule has 0 aromatic carbocycles. The van der Waals surface area contributed by atoms with Gasteiger partial charge in [-0.2, -0.15) is 5.26 Å². The molecule has 4 nitrogen and oxygen atoms in total. The molecule has 0 aliphatic heterocycles. The Hall–Kier alpha value is -1.12. The Bertz CT molecular complexity index is 515. The third-order valence-corrected chi connectivity index (χ3v) is 3.78. The number of carbonyl (C=O) groups is 1. The van der Waals surface area contributed by atoms with Crippen LogP contribution in [0.3, 0.4) is 0 Å². The van der Waals surface area contributed by atoms with Crippen LogP contribution in [0.25, 0.3) is 0 Å². The smallest absolute Gasteiger partial charge is 0.254 e. The highest BCUT2D eigenvalue weighted by molar-refractivity contribution is 9.10. The summed E-state index contributed by atoms with van der Waals surface area (Å²) in [5, 5.41) is 12.0. The van der Waals surface area contributed by atoms with Gasteiger partial charge < -0.3 is 5.32 Å². The second-order valence-corrected chi connectivity index (χ2v) is 5.51. The van der Waals surface area contributed by atoms with Gasteiger partial charge in [-0.3, -0.25) is 4.79 Å². The first kappa shape index (κ1) is 13.3. The number of carbonyl (C=O) groups excluding carboxylic acids is 1. The van der Waals surface area contributed by atoms with E-state index >= 15 is 0 Å². The Morgan fingerprint density at radius 3 is 3.11 bits per heavy atom. The van der Waals surface area contributed by atoms with Crippen LogP contribution < -0.4 is 5.32 Å². The summed E-state index contributed by atoms with van der Waals surface area (Å²) in [7, 11) is 0. The molecule has 1 heterocycles. The molecule has 2 rings (SSSR count). The van der Waals surface area contributed by atoms with Gasteiger partial charge >= 0.3 is 0 Å². The number of aromatic nitrogens is 1. The minimum atomic E-state index is -0.277. The van der Waals surface area contributed by atoms with Gasteiger partial charge in [0.1, 0.15) is 5.15 Å². The van der Waals surface area contributed by atoms with Crippen molar-refractivity contribution < 1.29 is 4.79 Å². The average Bonchev–Trinajstić information content (AvgIpc) is 2.79. The van der Waals surface area contributed by atoms with Crippen molar-refractivity contribution in [1.29, 1.82) is 5.26 Å². The van der Waals surface area contributed by atoms with Crippen LogP contribution in [0.2, 0.25) is 5.15 Å². The fourth-order valence-electron chi connectivity index (χ4n) is 2.12. The van der Waals surface area contributed by atoms with Crippen molar-refractivity contribution >= 4 is 33.4 Å². The zero-order chi connectivity index (χ0) is 13.1. The van der Waals surface area contributed by atoms with Gasteiger partial charge in [0, 0.05) is 16.7 Å². The van der Waals surface area contributed by atoms with E-state index in [1.807, 2.05) is 0 Å². The van der Waals surface area contributed by atoms with Crippen LogP contribution in [0.1, 0.15) is 29.6 Å². The monoisotopic (exact) mass is 327 g/mol. The highest BCUT2D eigenvalue weighted by Gasteiger charge is 2.29. The van der Waals surface area contributed by atoms with Gasteiger partial charge in [0.15, 0.2) is 0 Å². The molecule has 6 heteroatoms. The Morgan fingerprint density at radius 1 is 1.61 bits per heavy atom. The summed E-state index contributed by atoms with van der Waals surface area (Å²) in [5.41, 5.74) is 0.328. The minimum absolute atomic E-state index is 0.0856. The molecule has 2 unspecified atom stereocenters. The summed E-state index contributed by atoms with van der Waals surface area (Å²) in [6, 6.07) is 3.76. The van der Waals surface area contributed by atoms with E-state index in [2.05, 4.69) is 32.3 Å². The molecule has 1 saturated carbocycles. The van der Waals surface area contributed by atoms with E-state index in [0.717, 1.165) is 19.3 Å². The highest BCUT2D eigenvalue weighted by Crippen LogP contribution is 2.26. The summed E-state index contributed by atoms with van der Waals surface area (Å²) in [4.78, 5) is 16.0. The van der Waals surface area contributed by atoms with E-state index in [-0.39, 0.29) is 23.0 Å². The summed E-state index contributed by atoms with van der Waals surface area (Å²) < 4.78 is 0.695. The van der Waals surface area contributed by atoms with Crippen LogP contribution in [0.4, 0.5) is 0 Å². The van der Waals surface area contributed by atoms with Crippen molar-refractivity contribution in [1.82, 2.24) is 10.3 Å². The Kier molecular flexibility index (Phi) is 4.20. The zero-order valence-corrected chi connectivity index (χ0v) is 11.8. The van der Waals surface area contributed by atoms with Crippen molar-refractivity contribution in [3.05, 3.63) is 27.5 Å². The number of halogens is 2. The Morgan fingerprint density at radius 2 is 2.39 bits per heavy atom. The summed E-state index contributed by atoms with van der Waals surface area (Å²) in [6.45, 7) is 0. The molecule has 2 atom stereocenters. The number of nitrogens with one attached hydrogen (secondary N) is 1. The molecule has 94 valence electrons. The number of hydrogen-bond donors (Lipinski definition) is 1. The number of amides is 1. The summed E-state index contributed by atoms with van der Waals surface area (Å²) >= 11 is 9.14. The van der Waals surface area contributed by atoms with E-state index in [1.54, 1.807) is 6.07 Å². The lowest BCUT2D eigenvalue weighted by molar-refractivity contribution is 0.0932. The molecule has 1 aliphatic rings. The largest absolute Gasteiger partial charge is 0.348 e. The second kappa shape index (κ2) is 5.68. The molecule has 0 bridgehead atoms. The van der Waals surface area contributed by atoms with Crippen LogP contribution in [0.5, 0.6) is 0 Å². The average molecular weight is 329 g/mol. The Balaban J connectivity index is 2.13. The lowest BCUT2D eigenvalue weighted by Gasteiger charge is -2.15. The fourth-order valence-corrected chi connectivity index (χ4v) is 2.64. The van der Waals surface area contributed by atoms with Crippen molar-refractivity contribution in [2.45, 2.75) is 25.3 Å². The molecule has 0 spiro atoms. The van der Waals surface area contributed by atoms with Crippen molar-refractivity contribution in [3.63, 3.8) is 0 Å². The van der Waals surface area contributed by atoms with Crippen molar-refractivity contribution in [3.8, 4) is 6.07 Å². The molecular weight excluding hydrogens is 318 g/mol. The van der Waals surface area contributed by atoms with Gasteiger partial charge in [0.05, 0.1) is 17.6 Å². The normalized spacial score (nSPS) is 22.5. The first-order valence-electron chi connectivity index (χ1n) is 5.63. The van der Waals surface area contributed by atoms with Crippen LogP contribution in [0.15, 0.2) is 16.7 Å². The second-order valence-electron chi connectivity index (χ2n) is 4.24. The molecule has 1 fully saturated rings. The molecule has 1 amide bonds. The molecule has 1 aromatic rings. The molecule has 0 radical (unpaired) electrons. The van der Waals surface area contributed by atoms with Crippen LogP contribution >= 0.6 is 27.5 Å². The van der Waals surface area contributed by atoms with Crippen LogP contribution in [0, 0.1) is 17.2 Å². The number of hydrogen-bond acceptors (Lipinski definition) is 3. The highest BCUT2D eigenvalue weighted by atomic mass is 79.9. The first-order chi connectivity index (χ1) is 8.61. The topological polar surface area (TPSA) is 65.8 Å². The van der Waals surface area contributed by atoms with Crippen LogP contribution in [-0.2, 0) is 0 Å². The van der Waals surface area contributed by atoms with Crippen molar-refractivity contribution in [2.75, 3.05) is 0 Å². The zero-order valence-electron chi connectivity index (χ0n) is 9.49. The van der Waals surface area contributed by atoms with Crippen LogP contribution in [-0.4, -0.2) is 16.9 Å². The minimum Gasteiger partial charge on any atom is -0.348 e.